The number of halogens is 2. The van der Waals surface area contributed by atoms with Crippen molar-refractivity contribution in [2.45, 2.75) is 45.7 Å². The summed E-state index contributed by atoms with van der Waals surface area (Å²) < 4.78 is 32.8. The molecule has 2 amide bonds. The lowest BCUT2D eigenvalue weighted by Crippen LogP contribution is -2.53. The van der Waals surface area contributed by atoms with Gasteiger partial charge in [0, 0.05) is 19.5 Å². The van der Waals surface area contributed by atoms with Crippen LogP contribution < -0.4 is 14.4 Å². The van der Waals surface area contributed by atoms with Crippen molar-refractivity contribution in [1.82, 2.24) is 10.2 Å². The van der Waals surface area contributed by atoms with Crippen LogP contribution in [0.15, 0.2) is 72.8 Å². The summed E-state index contributed by atoms with van der Waals surface area (Å²) in [5, 5.41) is 3.61. The summed E-state index contributed by atoms with van der Waals surface area (Å²) in [7, 11) is -3.93. The van der Waals surface area contributed by atoms with Gasteiger partial charge in [-0.05, 0) is 48.7 Å². The fourth-order valence-corrected chi connectivity index (χ4v) is 5.60. The Balaban J connectivity index is 2.08. The Morgan fingerprint density at radius 3 is 2.26 bits per heavy atom. The minimum Gasteiger partial charge on any atom is -0.492 e. The molecule has 1 N–H and O–H groups in total. The summed E-state index contributed by atoms with van der Waals surface area (Å²) in [6.07, 6.45) is 2.92. The molecule has 0 aliphatic rings. The number of hydrogen-bond acceptors (Lipinski definition) is 5. The van der Waals surface area contributed by atoms with E-state index in [1.165, 1.54) is 4.90 Å². The maximum absolute atomic E-state index is 14.2. The second kappa shape index (κ2) is 15.8. The SMILES string of the molecule is CCCCNC(=O)[C@@H](Cc1ccccc1)N(Cc1ccc(Cl)c(Cl)c1)C(=O)CN(c1ccccc1OCC)S(C)(=O)=O. The summed E-state index contributed by atoms with van der Waals surface area (Å²) in [6, 6.07) is 20.0. The zero-order chi connectivity index (χ0) is 30.7. The number of ether oxygens (including phenoxy) is 1. The van der Waals surface area contributed by atoms with Crippen LogP contribution in [0.1, 0.15) is 37.8 Å². The average Bonchev–Trinajstić information content (AvgIpc) is 2.96. The number of sulfonamides is 1. The third kappa shape index (κ3) is 9.37. The Morgan fingerprint density at radius 1 is 0.929 bits per heavy atom. The Bertz CT molecular complexity index is 1450. The highest BCUT2D eigenvalue weighted by molar-refractivity contribution is 7.92. The first-order valence-electron chi connectivity index (χ1n) is 13.8. The third-order valence-electron chi connectivity index (χ3n) is 6.55. The van der Waals surface area contributed by atoms with Gasteiger partial charge < -0.3 is 15.0 Å². The average molecular weight is 635 g/mol. The summed E-state index contributed by atoms with van der Waals surface area (Å²) in [6.45, 7) is 4.03. The molecule has 0 aliphatic heterocycles. The number of carbonyl (C=O) groups excluding carboxylic acids is 2. The number of carbonyl (C=O) groups is 2. The van der Waals surface area contributed by atoms with Crippen LogP contribution in [0.3, 0.4) is 0 Å². The van der Waals surface area contributed by atoms with Crippen LogP contribution in [0, 0.1) is 0 Å². The molecule has 0 aromatic heterocycles. The Hall–Kier alpha value is -3.27. The molecule has 3 aromatic carbocycles. The van der Waals surface area contributed by atoms with Crippen LogP contribution in [0.4, 0.5) is 5.69 Å². The van der Waals surface area contributed by atoms with Gasteiger partial charge in [0.25, 0.3) is 0 Å². The predicted octanol–water partition coefficient (Wildman–Crippen LogP) is 5.71. The van der Waals surface area contributed by atoms with Crippen LogP contribution in [-0.4, -0.2) is 57.1 Å². The topological polar surface area (TPSA) is 96.0 Å². The predicted molar refractivity (Wildman–Crippen MR) is 169 cm³/mol. The van der Waals surface area contributed by atoms with Crippen molar-refractivity contribution in [3.05, 3.63) is 94.0 Å². The van der Waals surface area contributed by atoms with Gasteiger partial charge in [-0.25, -0.2) is 8.42 Å². The minimum absolute atomic E-state index is 0.000864. The number of anilines is 1. The highest BCUT2D eigenvalue weighted by Gasteiger charge is 2.33. The molecule has 0 saturated heterocycles. The molecule has 1 atom stereocenters. The van der Waals surface area contributed by atoms with Gasteiger partial charge in [0.15, 0.2) is 0 Å². The lowest BCUT2D eigenvalue weighted by molar-refractivity contribution is -0.140. The quantitative estimate of drug-likeness (QED) is 0.216. The van der Waals surface area contributed by atoms with E-state index < -0.39 is 28.5 Å². The lowest BCUT2D eigenvalue weighted by atomic mass is 10.0. The van der Waals surface area contributed by atoms with Gasteiger partial charge in [0.1, 0.15) is 18.3 Å². The monoisotopic (exact) mass is 633 g/mol. The van der Waals surface area contributed by atoms with Gasteiger partial charge in [-0.3, -0.25) is 13.9 Å². The van der Waals surface area contributed by atoms with Gasteiger partial charge in [-0.15, -0.1) is 0 Å². The summed E-state index contributed by atoms with van der Waals surface area (Å²) in [5.74, 6) is -0.571. The molecule has 0 saturated carbocycles. The Labute approximate surface area is 258 Å². The molecule has 0 spiro atoms. The van der Waals surface area contributed by atoms with E-state index in [2.05, 4.69) is 5.32 Å². The minimum atomic E-state index is -3.93. The largest absolute Gasteiger partial charge is 0.492 e. The molecule has 42 heavy (non-hydrogen) atoms. The molecule has 226 valence electrons. The van der Waals surface area contributed by atoms with Crippen molar-refractivity contribution in [2.75, 3.05) is 30.3 Å². The van der Waals surface area contributed by atoms with Gasteiger partial charge in [-0.1, -0.05) is 85.1 Å². The standard InChI is InChI=1S/C31H37Cl2N3O5S/c1-4-6-18-34-31(38)28(20-23-12-8-7-9-13-23)35(21-24-16-17-25(32)26(33)19-24)30(37)22-36(42(3,39)40)27-14-10-11-15-29(27)41-5-2/h7-17,19,28H,4-6,18,20-22H2,1-3H3,(H,34,38)/t28-/m1/s1. The molecule has 0 heterocycles. The first kappa shape index (κ1) is 33.2. The molecule has 3 aromatic rings. The summed E-state index contributed by atoms with van der Waals surface area (Å²) in [5.41, 5.74) is 1.72. The van der Waals surface area contributed by atoms with E-state index >= 15 is 0 Å². The number of amides is 2. The summed E-state index contributed by atoms with van der Waals surface area (Å²) in [4.78, 5) is 29.3. The molecule has 11 heteroatoms. The van der Waals surface area contributed by atoms with Crippen LogP contribution in [-0.2, 0) is 32.6 Å². The number of nitrogens with one attached hydrogen (secondary N) is 1. The molecular weight excluding hydrogens is 597 g/mol. The summed E-state index contributed by atoms with van der Waals surface area (Å²) >= 11 is 12.4. The maximum atomic E-state index is 14.2. The number of hydrogen-bond donors (Lipinski definition) is 1. The normalized spacial score (nSPS) is 11.9. The lowest BCUT2D eigenvalue weighted by Gasteiger charge is -2.34. The molecule has 0 aliphatic carbocycles. The molecular formula is C31H37Cl2N3O5S. The molecule has 8 nitrogen and oxygen atoms in total. The van der Waals surface area contributed by atoms with Crippen molar-refractivity contribution in [3.8, 4) is 5.75 Å². The van der Waals surface area contributed by atoms with Gasteiger partial charge >= 0.3 is 0 Å². The van der Waals surface area contributed by atoms with Crippen LogP contribution >= 0.6 is 23.2 Å². The van der Waals surface area contributed by atoms with E-state index in [4.69, 9.17) is 27.9 Å². The fraction of sp³-hybridized carbons (Fsp3) is 0.355. The van der Waals surface area contributed by atoms with Gasteiger partial charge in [0.05, 0.1) is 28.6 Å². The molecule has 0 fully saturated rings. The van der Waals surface area contributed by atoms with E-state index in [0.29, 0.717) is 34.5 Å². The van der Waals surface area contributed by atoms with E-state index in [9.17, 15) is 18.0 Å². The number of para-hydroxylation sites is 2. The Kier molecular flexibility index (Phi) is 12.5. The van der Waals surface area contributed by atoms with Crippen LogP contribution in [0.5, 0.6) is 5.75 Å². The fourth-order valence-electron chi connectivity index (χ4n) is 4.43. The molecule has 0 radical (unpaired) electrons. The second-order valence-corrected chi connectivity index (χ2v) is 12.5. The number of benzene rings is 3. The van der Waals surface area contributed by atoms with Crippen molar-refractivity contribution >= 4 is 50.7 Å². The smallest absolute Gasteiger partial charge is 0.244 e. The van der Waals surface area contributed by atoms with Gasteiger partial charge in [-0.2, -0.15) is 0 Å². The molecule has 0 unspecified atom stereocenters. The van der Waals surface area contributed by atoms with Crippen LogP contribution in [0.25, 0.3) is 0 Å². The van der Waals surface area contributed by atoms with E-state index in [1.807, 2.05) is 37.3 Å². The van der Waals surface area contributed by atoms with E-state index in [1.54, 1.807) is 49.4 Å². The van der Waals surface area contributed by atoms with Crippen molar-refractivity contribution in [2.24, 2.45) is 0 Å². The number of unbranched alkanes of at least 4 members (excludes halogenated alkanes) is 1. The van der Waals surface area contributed by atoms with Crippen molar-refractivity contribution < 1.29 is 22.7 Å². The van der Waals surface area contributed by atoms with Crippen molar-refractivity contribution in [1.29, 1.82) is 0 Å². The zero-order valence-electron chi connectivity index (χ0n) is 24.1. The highest BCUT2D eigenvalue weighted by atomic mass is 35.5. The van der Waals surface area contributed by atoms with E-state index in [0.717, 1.165) is 29.0 Å². The molecule has 0 bridgehead atoms. The third-order valence-corrected chi connectivity index (χ3v) is 8.42. The highest BCUT2D eigenvalue weighted by Crippen LogP contribution is 2.30. The zero-order valence-corrected chi connectivity index (χ0v) is 26.4. The maximum Gasteiger partial charge on any atom is 0.244 e. The first-order valence-corrected chi connectivity index (χ1v) is 16.4. The van der Waals surface area contributed by atoms with Crippen LogP contribution in [0.2, 0.25) is 10.0 Å². The van der Waals surface area contributed by atoms with Gasteiger partial charge in [0.2, 0.25) is 21.8 Å². The number of nitrogens with zero attached hydrogens (tertiary/aromatic N) is 2. The molecule has 3 rings (SSSR count). The Morgan fingerprint density at radius 2 is 1.62 bits per heavy atom. The van der Waals surface area contributed by atoms with Crippen molar-refractivity contribution in [3.63, 3.8) is 0 Å². The second-order valence-electron chi connectivity index (χ2n) is 9.79. The van der Waals surface area contributed by atoms with E-state index in [-0.39, 0.29) is 24.6 Å². The number of rotatable bonds is 15. The first-order chi connectivity index (χ1) is 20.0.